The smallest absolute Gasteiger partial charge is 0.331 e. The zero-order valence-corrected chi connectivity index (χ0v) is 17.6. The van der Waals surface area contributed by atoms with Crippen molar-refractivity contribution in [2.75, 3.05) is 7.11 Å². The molecule has 0 radical (unpaired) electrons. The van der Waals surface area contributed by atoms with E-state index in [1.165, 1.54) is 6.08 Å². The third kappa shape index (κ3) is 4.08. The topological polar surface area (TPSA) is 35.5 Å². The highest BCUT2D eigenvalue weighted by Crippen LogP contribution is 2.49. The van der Waals surface area contributed by atoms with Gasteiger partial charge in [0.1, 0.15) is 6.10 Å². The summed E-state index contributed by atoms with van der Waals surface area (Å²) in [5.74, 6) is -0.453. The van der Waals surface area contributed by atoms with Crippen molar-refractivity contribution in [3.63, 3.8) is 0 Å². The summed E-state index contributed by atoms with van der Waals surface area (Å²) in [5, 5.41) is 0. The summed E-state index contributed by atoms with van der Waals surface area (Å²) in [6.45, 7) is 16.3. The minimum atomic E-state index is -0.963. The molecule has 146 valence electrons. The maximum Gasteiger partial charge on any atom is 0.331 e. The Balaban J connectivity index is 2.81. The van der Waals surface area contributed by atoms with Crippen LogP contribution in [0.25, 0.3) is 5.57 Å². The van der Waals surface area contributed by atoms with Crippen molar-refractivity contribution in [3.8, 4) is 0 Å². The molecule has 0 saturated carbocycles. The number of esters is 1. The van der Waals surface area contributed by atoms with Crippen LogP contribution in [0, 0.1) is 10.8 Å². The van der Waals surface area contributed by atoms with Gasteiger partial charge in [0.2, 0.25) is 0 Å². The van der Waals surface area contributed by atoms with Crippen LogP contribution >= 0.6 is 0 Å². The molecule has 2 unspecified atom stereocenters. The fourth-order valence-corrected chi connectivity index (χ4v) is 3.48. The van der Waals surface area contributed by atoms with Crippen LogP contribution in [-0.2, 0) is 14.3 Å². The number of hydrogen-bond donors (Lipinski definition) is 0. The van der Waals surface area contributed by atoms with Gasteiger partial charge in [-0.05, 0) is 28.2 Å². The summed E-state index contributed by atoms with van der Waals surface area (Å²) < 4.78 is 12.1. The summed E-state index contributed by atoms with van der Waals surface area (Å²) in [6, 6.07) is 10.1. The molecule has 0 heterocycles. The van der Waals surface area contributed by atoms with Gasteiger partial charge in [-0.2, -0.15) is 0 Å². The van der Waals surface area contributed by atoms with Crippen molar-refractivity contribution in [3.05, 3.63) is 66.3 Å². The number of hydrogen-bond acceptors (Lipinski definition) is 3. The van der Waals surface area contributed by atoms with E-state index in [-0.39, 0.29) is 5.41 Å². The molecule has 0 aliphatic heterocycles. The highest BCUT2D eigenvalue weighted by Gasteiger charge is 2.54. The van der Waals surface area contributed by atoms with Gasteiger partial charge in [-0.25, -0.2) is 4.79 Å². The summed E-state index contributed by atoms with van der Waals surface area (Å²) in [7, 11) is 1.67. The van der Waals surface area contributed by atoms with E-state index >= 15 is 0 Å². The summed E-state index contributed by atoms with van der Waals surface area (Å²) >= 11 is 0. The lowest BCUT2D eigenvalue weighted by molar-refractivity contribution is -0.173. The molecule has 0 saturated heterocycles. The average molecular weight is 369 g/mol. The van der Waals surface area contributed by atoms with Crippen LogP contribution in [0.4, 0.5) is 0 Å². The Labute approximate surface area is 163 Å². The van der Waals surface area contributed by atoms with Crippen molar-refractivity contribution in [1.29, 1.82) is 0 Å². The van der Waals surface area contributed by atoms with Gasteiger partial charge in [0.15, 0.2) is 5.60 Å². The van der Waals surface area contributed by atoms with E-state index in [1.807, 2.05) is 18.2 Å². The van der Waals surface area contributed by atoms with Gasteiger partial charge in [0.05, 0.1) is 0 Å². The minimum absolute atomic E-state index is 0.115. The van der Waals surface area contributed by atoms with Gasteiger partial charge in [-0.1, -0.05) is 84.5 Å². The molecule has 0 bridgehead atoms. The molecular formula is C24H32O3. The molecule has 1 aromatic carbocycles. The Morgan fingerprint density at radius 3 is 2.15 bits per heavy atom. The fourth-order valence-electron chi connectivity index (χ4n) is 3.48. The van der Waals surface area contributed by atoms with Crippen molar-refractivity contribution in [2.45, 2.75) is 53.2 Å². The molecule has 3 heteroatoms. The average Bonchev–Trinajstić information content (AvgIpc) is 2.59. The first-order chi connectivity index (χ1) is 12.5. The molecule has 0 amide bonds. The van der Waals surface area contributed by atoms with Gasteiger partial charge in [-0.3, -0.25) is 0 Å². The quantitative estimate of drug-likeness (QED) is 0.514. The van der Waals surface area contributed by atoms with Gasteiger partial charge in [-0.15, -0.1) is 0 Å². The molecular weight excluding hydrogens is 336 g/mol. The Morgan fingerprint density at radius 2 is 1.70 bits per heavy atom. The van der Waals surface area contributed by atoms with E-state index in [9.17, 15) is 4.79 Å². The lowest BCUT2D eigenvalue weighted by atomic mass is 9.64. The monoisotopic (exact) mass is 368 g/mol. The fraction of sp³-hybridized carbons (Fsp3) is 0.458. The van der Waals surface area contributed by atoms with Gasteiger partial charge in [0.25, 0.3) is 0 Å². The summed E-state index contributed by atoms with van der Waals surface area (Å²) in [6.07, 6.45) is 5.03. The predicted octanol–water partition coefficient (Wildman–Crippen LogP) is 5.59. The van der Waals surface area contributed by atoms with Gasteiger partial charge in [0, 0.05) is 18.6 Å². The molecule has 1 aliphatic carbocycles. The second-order valence-corrected chi connectivity index (χ2v) is 9.10. The second kappa shape index (κ2) is 7.47. The highest BCUT2D eigenvalue weighted by molar-refractivity contribution is 5.83. The number of rotatable bonds is 4. The molecule has 2 atom stereocenters. The first kappa shape index (κ1) is 21.2. The van der Waals surface area contributed by atoms with E-state index < -0.39 is 23.1 Å². The summed E-state index contributed by atoms with van der Waals surface area (Å²) in [4.78, 5) is 12.3. The van der Waals surface area contributed by atoms with Crippen LogP contribution in [0.3, 0.4) is 0 Å². The number of carbonyl (C=O) groups excluding carboxylic acids is 1. The molecule has 0 spiro atoms. The van der Waals surface area contributed by atoms with Crippen LogP contribution in [0.5, 0.6) is 0 Å². The zero-order chi connectivity index (χ0) is 20.5. The van der Waals surface area contributed by atoms with Crippen molar-refractivity contribution in [2.24, 2.45) is 10.8 Å². The van der Waals surface area contributed by atoms with Crippen LogP contribution in [0.2, 0.25) is 0 Å². The molecule has 0 N–H and O–H groups in total. The number of carbonyl (C=O) groups is 1. The Bertz CT molecular complexity index is 757. The maximum atomic E-state index is 12.3. The molecule has 0 aromatic heterocycles. The zero-order valence-electron chi connectivity index (χ0n) is 17.6. The van der Waals surface area contributed by atoms with E-state index in [0.717, 1.165) is 16.7 Å². The molecule has 0 fully saturated rings. The van der Waals surface area contributed by atoms with Crippen molar-refractivity contribution >= 4 is 11.5 Å². The highest BCUT2D eigenvalue weighted by atomic mass is 16.6. The largest absolute Gasteiger partial charge is 0.448 e. The molecule has 2 rings (SSSR count). The van der Waals surface area contributed by atoms with Crippen LogP contribution in [-0.4, -0.2) is 24.8 Å². The first-order valence-corrected chi connectivity index (χ1v) is 9.35. The second-order valence-electron chi connectivity index (χ2n) is 9.10. The third-order valence-corrected chi connectivity index (χ3v) is 5.17. The Morgan fingerprint density at radius 1 is 1.11 bits per heavy atom. The van der Waals surface area contributed by atoms with E-state index in [1.54, 1.807) is 7.11 Å². The summed E-state index contributed by atoms with van der Waals surface area (Å²) in [5.41, 5.74) is 1.70. The lowest BCUT2D eigenvalue weighted by Crippen LogP contribution is -2.57. The molecule has 1 aliphatic rings. The van der Waals surface area contributed by atoms with Crippen molar-refractivity contribution < 1.29 is 14.3 Å². The normalized spacial score (nSPS) is 23.3. The van der Waals surface area contributed by atoms with E-state index in [2.05, 4.69) is 72.4 Å². The molecule has 27 heavy (non-hydrogen) atoms. The number of methoxy groups -OCH3 is 1. The number of allylic oxidation sites excluding steroid dienone is 2. The van der Waals surface area contributed by atoms with Crippen LogP contribution in [0.15, 0.2) is 60.7 Å². The third-order valence-electron chi connectivity index (χ3n) is 5.17. The first-order valence-electron chi connectivity index (χ1n) is 9.35. The minimum Gasteiger partial charge on any atom is -0.448 e. The van der Waals surface area contributed by atoms with E-state index in [0.29, 0.717) is 0 Å². The standard InChI is InChI=1S/C24H32O3/c1-9-20(25)27-24(23(5,6)7)16-18(22(2,3)4)15-19(21(24)26-8)17-13-11-10-12-14-17/h9-16,21H,1H2,2-8H3. The Kier molecular flexibility index (Phi) is 5.86. The number of ether oxygens (including phenoxy) is 2. The predicted molar refractivity (Wildman–Crippen MR) is 111 cm³/mol. The van der Waals surface area contributed by atoms with Gasteiger partial charge < -0.3 is 9.47 Å². The van der Waals surface area contributed by atoms with E-state index in [4.69, 9.17) is 9.47 Å². The Hall–Kier alpha value is -2.13. The SMILES string of the molecule is C=CC(=O)OC1(C(C)(C)C)C=C(C(C)(C)C)C=C(c2ccccc2)C1OC. The van der Waals surface area contributed by atoms with Crippen LogP contribution < -0.4 is 0 Å². The lowest BCUT2D eigenvalue weighted by Gasteiger charge is -2.50. The van der Waals surface area contributed by atoms with Gasteiger partial charge >= 0.3 is 5.97 Å². The molecule has 3 nitrogen and oxygen atoms in total. The maximum absolute atomic E-state index is 12.3. The van der Waals surface area contributed by atoms with Crippen LogP contribution in [0.1, 0.15) is 47.1 Å². The van der Waals surface area contributed by atoms with Crippen molar-refractivity contribution in [1.82, 2.24) is 0 Å². The number of benzene rings is 1. The molecule has 1 aromatic rings.